The lowest BCUT2D eigenvalue weighted by Gasteiger charge is -2.19. The molecule has 0 aromatic carbocycles. The first-order valence-electron chi connectivity index (χ1n) is 5.29. The summed E-state index contributed by atoms with van der Waals surface area (Å²) in [6.07, 6.45) is 7.20. The zero-order valence-corrected chi connectivity index (χ0v) is 9.65. The fourth-order valence-electron chi connectivity index (χ4n) is 1.72. The van der Waals surface area contributed by atoms with Crippen LogP contribution in [0, 0.1) is 11.3 Å². The fraction of sp³-hybridized carbons (Fsp3) is 0.692. The fourth-order valence-corrected chi connectivity index (χ4v) is 1.72. The van der Waals surface area contributed by atoms with Crippen molar-refractivity contribution in [3.05, 3.63) is 23.3 Å². The minimum Gasteiger partial charge on any atom is -0.0772 e. The highest BCUT2D eigenvalue weighted by molar-refractivity contribution is 5.35. The number of hydrogen-bond acceptors (Lipinski definition) is 0. The maximum atomic E-state index is 2.40. The normalized spacial score (nSPS) is 17.7. The predicted octanol–water partition coefficient (Wildman–Crippen LogP) is 4.34. The Bertz CT molecular complexity index is 233. The molecule has 0 saturated heterocycles. The van der Waals surface area contributed by atoms with Gasteiger partial charge in [-0.2, -0.15) is 0 Å². The highest BCUT2D eigenvalue weighted by atomic mass is 14.2. The lowest BCUT2D eigenvalue weighted by Crippen LogP contribution is -2.07. The summed E-state index contributed by atoms with van der Waals surface area (Å²) in [5, 5.41) is 0. The van der Waals surface area contributed by atoms with Gasteiger partial charge in [0.1, 0.15) is 0 Å². The van der Waals surface area contributed by atoms with E-state index in [2.05, 4.69) is 46.8 Å². The van der Waals surface area contributed by atoms with E-state index in [-0.39, 0.29) is 0 Å². The molecule has 0 heterocycles. The van der Waals surface area contributed by atoms with Crippen LogP contribution in [0.1, 0.15) is 47.5 Å². The molecule has 0 atom stereocenters. The smallest absolute Gasteiger partial charge is 0.0125 e. The van der Waals surface area contributed by atoms with Crippen LogP contribution >= 0.6 is 0 Å². The molecule has 13 heavy (non-hydrogen) atoms. The highest BCUT2D eigenvalue weighted by Gasteiger charge is 2.19. The van der Waals surface area contributed by atoms with Gasteiger partial charge in [-0.05, 0) is 24.2 Å². The molecule has 0 unspecified atom stereocenters. The molecule has 1 aliphatic carbocycles. The molecule has 0 nitrogen and oxygen atoms in total. The van der Waals surface area contributed by atoms with Crippen LogP contribution in [-0.4, -0.2) is 0 Å². The highest BCUT2D eigenvalue weighted by Crippen LogP contribution is 2.34. The van der Waals surface area contributed by atoms with E-state index in [0.29, 0.717) is 5.41 Å². The second kappa shape index (κ2) is 3.69. The van der Waals surface area contributed by atoms with Crippen LogP contribution in [0.3, 0.4) is 0 Å². The molecule has 0 amide bonds. The molecule has 0 aliphatic heterocycles. The average Bonchev–Trinajstić information content (AvgIpc) is 2.32. The van der Waals surface area contributed by atoms with Crippen molar-refractivity contribution in [3.8, 4) is 0 Å². The molecule has 0 fully saturated rings. The van der Waals surface area contributed by atoms with Gasteiger partial charge < -0.3 is 0 Å². The molecular formula is C13H22. The van der Waals surface area contributed by atoms with Gasteiger partial charge in [0.05, 0.1) is 0 Å². The van der Waals surface area contributed by atoms with Gasteiger partial charge >= 0.3 is 0 Å². The Morgan fingerprint density at radius 3 is 2.31 bits per heavy atom. The van der Waals surface area contributed by atoms with Crippen LogP contribution in [0.5, 0.6) is 0 Å². The van der Waals surface area contributed by atoms with Crippen molar-refractivity contribution in [2.45, 2.75) is 47.5 Å². The van der Waals surface area contributed by atoms with Crippen LogP contribution in [0.4, 0.5) is 0 Å². The molecule has 1 rings (SSSR count). The van der Waals surface area contributed by atoms with Crippen LogP contribution < -0.4 is 0 Å². The third kappa shape index (κ3) is 3.02. The Labute approximate surface area is 82.7 Å². The first-order valence-corrected chi connectivity index (χ1v) is 5.29. The Kier molecular flexibility index (Phi) is 3.00. The summed E-state index contributed by atoms with van der Waals surface area (Å²) in [5.41, 5.74) is 3.48. The predicted molar refractivity (Wildman–Crippen MR) is 59.7 cm³/mol. The average molecular weight is 178 g/mol. The number of hydrogen-bond donors (Lipinski definition) is 0. The van der Waals surface area contributed by atoms with Crippen molar-refractivity contribution in [2.75, 3.05) is 0 Å². The minimum absolute atomic E-state index is 0.356. The number of allylic oxidation sites excluding steroid dienone is 4. The topological polar surface area (TPSA) is 0 Å². The van der Waals surface area contributed by atoms with Crippen LogP contribution in [0.2, 0.25) is 0 Å². The van der Waals surface area contributed by atoms with Gasteiger partial charge in [0.2, 0.25) is 0 Å². The molecule has 0 spiro atoms. The van der Waals surface area contributed by atoms with E-state index < -0.39 is 0 Å². The minimum atomic E-state index is 0.356. The standard InChI is InChI=1S/C13H22/c1-10(2)8-11-6-7-12(9-11)13(3,4)5/h6,9-10H,7-8H2,1-5H3. The van der Waals surface area contributed by atoms with Gasteiger partial charge in [0.15, 0.2) is 0 Å². The number of rotatable bonds is 2. The van der Waals surface area contributed by atoms with Gasteiger partial charge in [-0.1, -0.05) is 57.9 Å². The van der Waals surface area contributed by atoms with Crippen molar-refractivity contribution in [2.24, 2.45) is 11.3 Å². The zero-order chi connectivity index (χ0) is 10.1. The van der Waals surface area contributed by atoms with E-state index in [0.717, 1.165) is 5.92 Å². The Morgan fingerprint density at radius 1 is 1.31 bits per heavy atom. The summed E-state index contributed by atoms with van der Waals surface area (Å²) >= 11 is 0. The van der Waals surface area contributed by atoms with Crippen LogP contribution in [0.25, 0.3) is 0 Å². The molecule has 0 N–H and O–H groups in total. The van der Waals surface area contributed by atoms with E-state index in [1.165, 1.54) is 12.8 Å². The Balaban J connectivity index is 2.61. The van der Waals surface area contributed by atoms with Crippen molar-refractivity contribution in [1.82, 2.24) is 0 Å². The molecule has 0 aromatic heterocycles. The van der Waals surface area contributed by atoms with E-state index in [1.807, 2.05) is 0 Å². The van der Waals surface area contributed by atoms with Gasteiger partial charge in [0.25, 0.3) is 0 Å². The van der Waals surface area contributed by atoms with Crippen LogP contribution in [-0.2, 0) is 0 Å². The molecule has 0 heteroatoms. The van der Waals surface area contributed by atoms with Gasteiger partial charge in [-0.25, -0.2) is 0 Å². The molecule has 1 aliphatic rings. The maximum absolute atomic E-state index is 2.40. The third-order valence-electron chi connectivity index (χ3n) is 2.55. The SMILES string of the molecule is CC(C)CC1=CCC(C(C)(C)C)=C1. The van der Waals surface area contributed by atoms with E-state index >= 15 is 0 Å². The summed E-state index contributed by atoms with van der Waals surface area (Å²) in [7, 11) is 0. The molecule has 0 saturated carbocycles. The summed E-state index contributed by atoms with van der Waals surface area (Å²) < 4.78 is 0. The summed E-state index contributed by atoms with van der Waals surface area (Å²) in [6, 6.07) is 0. The van der Waals surface area contributed by atoms with Gasteiger partial charge in [0, 0.05) is 0 Å². The van der Waals surface area contributed by atoms with Crippen molar-refractivity contribution < 1.29 is 0 Å². The zero-order valence-electron chi connectivity index (χ0n) is 9.65. The second-order valence-corrected chi connectivity index (χ2v) is 5.50. The van der Waals surface area contributed by atoms with E-state index in [9.17, 15) is 0 Å². The largest absolute Gasteiger partial charge is 0.0772 e. The quantitative estimate of drug-likeness (QED) is 0.590. The van der Waals surface area contributed by atoms with Crippen molar-refractivity contribution in [3.63, 3.8) is 0 Å². The first-order chi connectivity index (χ1) is 5.89. The Hall–Kier alpha value is -0.520. The summed E-state index contributed by atoms with van der Waals surface area (Å²) in [6.45, 7) is 11.5. The van der Waals surface area contributed by atoms with Gasteiger partial charge in [-0.15, -0.1) is 0 Å². The molecule has 0 radical (unpaired) electrons. The molecule has 0 bridgehead atoms. The van der Waals surface area contributed by atoms with E-state index in [1.54, 1.807) is 11.1 Å². The maximum Gasteiger partial charge on any atom is -0.0125 e. The van der Waals surface area contributed by atoms with E-state index in [4.69, 9.17) is 0 Å². The first kappa shape index (κ1) is 10.6. The summed E-state index contributed by atoms with van der Waals surface area (Å²) in [5.74, 6) is 0.779. The lowest BCUT2D eigenvalue weighted by atomic mass is 9.86. The molecular weight excluding hydrogens is 156 g/mol. The summed E-state index contributed by atoms with van der Waals surface area (Å²) in [4.78, 5) is 0. The van der Waals surface area contributed by atoms with Crippen LogP contribution in [0.15, 0.2) is 23.3 Å². The third-order valence-corrected chi connectivity index (χ3v) is 2.55. The van der Waals surface area contributed by atoms with Crippen molar-refractivity contribution >= 4 is 0 Å². The lowest BCUT2D eigenvalue weighted by molar-refractivity contribution is 0.496. The molecule has 74 valence electrons. The monoisotopic (exact) mass is 178 g/mol. The molecule has 0 aromatic rings. The van der Waals surface area contributed by atoms with Gasteiger partial charge in [-0.3, -0.25) is 0 Å². The van der Waals surface area contributed by atoms with Crippen molar-refractivity contribution in [1.29, 1.82) is 0 Å². The Morgan fingerprint density at radius 2 is 1.92 bits per heavy atom. The second-order valence-electron chi connectivity index (χ2n) is 5.50.